The fourth-order valence-electron chi connectivity index (χ4n) is 2.30. The quantitative estimate of drug-likeness (QED) is 0.153. The normalized spacial score (nSPS) is 11.5. The van der Waals surface area contributed by atoms with Crippen molar-refractivity contribution in [1.82, 2.24) is 5.32 Å². The van der Waals surface area contributed by atoms with E-state index < -0.39 is 5.60 Å². The Labute approximate surface area is 204 Å². The van der Waals surface area contributed by atoms with Gasteiger partial charge in [0.2, 0.25) is 5.91 Å². The van der Waals surface area contributed by atoms with Gasteiger partial charge in [0.25, 0.3) is 0 Å². The van der Waals surface area contributed by atoms with Gasteiger partial charge in [0.1, 0.15) is 5.60 Å². The molecular formula is C23H45NO10. The zero-order valence-electron chi connectivity index (χ0n) is 21.4. The van der Waals surface area contributed by atoms with Crippen LogP contribution < -0.4 is 5.32 Å². The lowest BCUT2D eigenvalue weighted by molar-refractivity contribution is -0.155. The molecule has 0 unspecified atom stereocenters. The van der Waals surface area contributed by atoms with Crippen molar-refractivity contribution >= 4 is 11.9 Å². The summed E-state index contributed by atoms with van der Waals surface area (Å²) >= 11 is 0. The molecule has 1 N–H and O–H groups in total. The first-order valence-electron chi connectivity index (χ1n) is 11.8. The highest BCUT2D eigenvalue weighted by atomic mass is 16.6. The minimum Gasteiger partial charge on any atom is -0.460 e. The first-order valence-corrected chi connectivity index (χ1v) is 11.8. The van der Waals surface area contributed by atoms with Gasteiger partial charge in [0, 0.05) is 20.1 Å². The van der Waals surface area contributed by atoms with Crippen LogP contribution in [-0.2, 0) is 47.5 Å². The lowest BCUT2D eigenvalue weighted by atomic mass is 10.2. The van der Waals surface area contributed by atoms with Crippen LogP contribution >= 0.6 is 0 Å². The molecule has 0 saturated heterocycles. The topological polar surface area (TPSA) is 120 Å². The van der Waals surface area contributed by atoms with Gasteiger partial charge in [0.15, 0.2) is 0 Å². The van der Waals surface area contributed by atoms with E-state index in [1.54, 1.807) is 27.9 Å². The molecule has 0 aliphatic rings. The average Bonchev–Trinajstić information content (AvgIpc) is 2.77. The number of methoxy groups -OCH3 is 1. The van der Waals surface area contributed by atoms with E-state index in [4.69, 9.17) is 37.9 Å². The summed E-state index contributed by atoms with van der Waals surface area (Å²) in [6, 6.07) is 0. The number of ether oxygens (including phenoxy) is 8. The van der Waals surface area contributed by atoms with Gasteiger partial charge < -0.3 is 43.2 Å². The van der Waals surface area contributed by atoms with Crippen LogP contribution in [0.1, 0.15) is 33.6 Å². The van der Waals surface area contributed by atoms with E-state index in [2.05, 4.69) is 5.32 Å². The van der Waals surface area contributed by atoms with Crippen LogP contribution in [0.15, 0.2) is 0 Å². The molecule has 202 valence electrons. The lowest BCUT2D eigenvalue weighted by Gasteiger charge is -2.19. The van der Waals surface area contributed by atoms with E-state index in [0.29, 0.717) is 92.4 Å². The molecule has 0 heterocycles. The molecule has 0 aromatic heterocycles. The number of amides is 1. The van der Waals surface area contributed by atoms with E-state index in [9.17, 15) is 9.59 Å². The van der Waals surface area contributed by atoms with Crippen molar-refractivity contribution in [2.75, 3.05) is 99.5 Å². The molecule has 0 aromatic rings. The summed E-state index contributed by atoms with van der Waals surface area (Å²) in [6.45, 7) is 12.2. The predicted molar refractivity (Wildman–Crippen MR) is 125 cm³/mol. The third kappa shape index (κ3) is 26.9. The molecule has 0 atom stereocenters. The molecule has 34 heavy (non-hydrogen) atoms. The monoisotopic (exact) mass is 495 g/mol. The van der Waals surface area contributed by atoms with Crippen LogP contribution in [0, 0.1) is 0 Å². The lowest BCUT2D eigenvalue weighted by Crippen LogP contribution is -2.29. The van der Waals surface area contributed by atoms with Gasteiger partial charge in [-0.1, -0.05) is 0 Å². The summed E-state index contributed by atoms with van der Waals surface area (Å²) in [5.41, 5.74) is -0.541. The van der Waals surface area contributed by atoms with E-state index in [1.807, 2.05) is 0 Å². The summed E-state index contributed by atoms with van der Waals surface area (Å²) < 4.78 is 42.3. The number of carbonyl (C=O) groups excluding carboxylic acids is 2. The van der Waals surface area contributed by atoms with Crippen molar-refractivity contribution < 1.29 is 47.5 Å². The highest BCUT2D eigenvalue weighted by molar-refractivity contribution is 5.81. The summed E-state index contributed by atoms with van der Waals surface area (Å²) in [6.07, 6.45) is 0.161. The number of hydrogen-bond acceptors (Lipinski definition) is 10. The van der Waals surface area contributed by atoms with Crippen molar-refractivity contribution in [2.24, 2.45) is 0 Å². The maximum absolute atomic E-state index is 11.7. The predicted octanol–water partition coefficient (Wildman–Crippen LogP) is 0.971. The second kappa shape index (κ2) is 23.4. The Morgan fingerprint density at radius 2 is 0.971 bits per heavy atom. The van der Waals surface area contributed by atoms with Crippen molar-refractivity contribution in [1.29, 1.82) is 0 Å². The molecule has 11 heteroatoms. The molecule has 0 aromatic carbocycles. The third-order valence-corrected chi connectivity index (χ3v) is 3.84. The van der Waals surface area contributed by atoms with Gasteiger partial charge in [-0.05, 0) is 20.8 Å². The summed E-state index contributed by atoms with van der Waals surface area (Å²) in [4.78, 5) is 23.2. The van der Waals surface area contributed by atoms with Gasteiger partial charge >= 0.3 is 5.97 Å². The zero-order valence-corrected chi connectivity index (χ0v) is 21.4. The molecule has 0 spiro atoms. The van der Waals surface area contributed by atoms with Gasteiger partial charge in [-0.25, -0.2) is 0 Å². The molecule has 0 aliphatic heterocycles. The smallest absolute Gasteiger partial charge is 0.306 e. The number of nitrogens with one attached hydrogen (secondary N) is 1. The number of rotatable bonds is 24. The first-order chi connectivity index (χ1) is 16.3. The van der Waals surface area contributed by atoms with E-state index in [0.717, 1.165) is 0 Å². The Kier molecular flexibility index (Phi) is 22.5. The van der Waals surface area contributed by atoms with E-state index in [-0.39, 0.29) is 24.7 Å². The summed E-state index contributed by atoms with van der Waals surface area (Å²) in [5, 5.41) is 2.70. The minimum atomic E-state index is -0.541. The Balaban J connectivity index is 3.21. The van der Waals surface area contributed by atoms with Crippen LogP contribution in [0.2, 0.25) is 0 Å². The van der Waals surface area contributed by atoms with Gasteiger partial charge in [0.05, 0.1) is 92.3 Å². The van der Waals surface area contributed by atoms with E-state index in [1.165, 1.54) is 0 Å². The second-order valence-corrected chi connectivity index (χ2v) is 8.10. The largest absolute Gasteiger partial charge is 0.460 e. The van der Waals surface area contributed by atoms with Crippen LogP contribution in [0.3, 0.4) is 0 Å². The Bertz CT molecular complexity index is 485. The number of carbonyl (C=O) groups is 2. The maximum atomic E-state index is 11.7. The molecule has 0 fully saturated rings. The summed E-state index contributed by atoms with van der Waals surface area (Å²) in [7, 11) is 1.64. The van der Waals surface area contributed by atoms with Crippen LogP contribution in [0.5, 0.6) is 0 Å². The molecule has 0 aliphatic carbocycles. The van der Waals surface area contributed by atoms with E-state index >= 15 is 0 Å². The fourth-order valence-corrected chi connectivity index (χ4v) is 2.30. The first kappa shape index (κ1) is 32.7. The molecule has 0 bridgehead atoms. The molecule has 0 radical (unpaired) electrons. The molecular weight excluding hydrogens is 450 g/mol. The Hall–Kier alpha value is -1.34. The van der Waals surface area contributed by atoms with Crippen molar-refractivity contribution in [3.63, 3.8) is 0 Å². The van der Waals surface area contributed by atoms with Crippen molar-refractivity contribution in [2.45, 2.75) is 39.2 Å². The van der Waals surface area contributed by atoms with Crippen LogP contribution in [0.25, 0.3) is 0 Å². The number of esters is 1. The third-order valence-electron chi connectivity index (χ3n) is 3.84. The highest BCUT2D eigenvalue weighted by Crippen LogP contribution is 2.08. The standard InChI is InChI=1S/C23H45NO10/c1-23(2,3)34-22(26)6-5-21(25)24-7-8-28-11-12-30-15-16-32-19-20-33-18-17-31-14-13-29-10-9-27-4/h5-20H2,1-4H3,(H,24,25). The Morgan fingerprint density at radius 1 is 0.588 bits per heavy atom. The summed E-state index contributed by atoms with van der Waals surface area (Å²) in [5.74, 6) is -0.587. The molecule has 0 saturated carbocycles. The van der Waals surface area contributed by atoms with Crippen molar-refractivity contribution in [3.05, 3.63) is 0 Å². The van der Waals surface area contributed by atoms with Crippen LogP contribution in [0.4, 0.5) is 0 Å². The van der Waals surface area contributed by atoms with Gasteiger partial charge in [-0.15, -0.1) is 0 Å². The fraction of sp³-hybridized carbons (Fsp3) is 0.913. The molecule has 1 amide bonds. The maximum Gasteiger partial charge on any atom is 0.306 e. The minimum absolute atomic E-state index is 0.0618. The molecule has 11 nitrogen and oxygen atoms in total. The highest BCUT2D eigenvalue weighted by Gasteiger charge is 2.16. The molecule has 0 rings (SSSR count). The second-order valence-electron chi connectivity index (χ2n) is 8.10. The van der Waals surface area contributed by atoms with Crippen molar-refractivity contribution in [3.8, 4) is 0 Å². The van der Waals surface area contributed by atoms with Gasteiger partial charge in [-0.3, -0.25) is 9.59 Å². The Morgan fingerprint density at radius 3 is 1.35 bits per heavy atom. The average molecular weight is 496 g/mol. The van der Waals surface area contributed by atoms with Gasteiger partial charge in [-0.2, -0.15) is 0 Å². The SMILES string of the molecule is COCCOCCOCCOCCOCCOCCOCCNC(=O)CCC(=O)OC(C)(C)C. The van der Waals surface area contributed by atoms with Crippen LogP contribution in [-0.4, -0.2) is 117 Å². The number of hydrogen-bond donors (Lipinski definition) is 1. The zero-order chi connectivity index (χ0) is 25.3.